The predicted octanol–water partition coefficient (Wildman–Crippen LogP) is -0.943. The lowest BCUT2D eigenvalue weighted by Gasteiger charge is -1.87. The average Bonchev–Trinajstić information content (AvgIpc) is 2.24. The maximum Gasteiger partial charge on any atom is 0.124 e. The van der Waals surface area contributed by atoms with E-state index >= 15 is 0 Å². The van der Waals surface area contributed by atoms with Crippen molar-refractivity contribution in [2.24, 2.45) is 4.99 Å². The Morgan fingerprint density at radius 3 is 2.62 bits per heavy atom. The Balaban J connectivity index is 0.000000222. The molecular weight excluding hydrogens is 110 g/mol. The molecule has 0 atom stereocenters. The van der Waals surface area contributed by atoms with Crippen molar-refractivity contribution in [3.8, 4) is 0 Å². The number of nitrogens with zero attached hydrogens (tertiary/aromatic N) is 1. The van der Waals surface area contributed by atoms with Gasteiger partial charge in [0.2, 0.25) is 0 Å². The fourth-order valence-electron chi connectivity index (χ4n) is 0.209. The number of aliphatic imine (C=N–C) groups is 1. The number of amides is 1. The van der Waals surface area contributed by atoms with Gasteiger partial charge in [-0.25, -0.2) is 0 Å². The smallest absolute Gasteiger partial charge is 0.124 e. The Morgan fingerprint density at radius 2 is 2.50 bits per heavy atom. The van der Waals surface area contributed by atoms with Crippen LogP contribution >= 0.6 is 0 Å². The Kier molecular flexibility index (Phi) is 3.78. The number of ether oxygens (including phenoxy) is 1. The van der Waals surface area contributed by atoms with Crippen LogP contribution in [0.4, 0.5) is 0 Å². The number of carbonyl (C=O) groups is 1. The quantitative estimate of drug-likeness (QED) is 0.415. The minimum absolute atomic E-state index is 0.0694. The maximum absolute atomic E-state index is 9.89. The van der Waals surface area contributed by atoms with E-state index in [1.54, 1.807) is 0 Å². The topological polar surface area (TPSA) is 58.9 Å². The molecule has 1 heterocycles. The average molecular weight is 116 g/mol. The van der Waals surface area contributed by atoms with Crippen molar-refractivity contribution in [1.82, 2.24) is 0 Å². The number of hydrogen-bond acceptors (Lipinski definition) is 3. The van der Waals surface area contributed by atoms with Gasteiger partial charge in [-0.2, -0.15) is 0 Å². The van der Waals surface area contributed by atoms with Crippen molar-refractivity contribution in [2.45, 2.75) is 0 Å². The van der Waals surface area contributed by atoms with Gasteiger partial charge in [-0.15, -0.1) is 0 Å². The largest absolute Gasteiger partial charge is 0.581 e. The number of carbonyl (C=O) groups excluding carboxylic acids is 1. The maximum atomic E-state index is 9.89. The second-order valence-corrected chi connectivity index (χ2v) is 0.886. The monoisotopic (exact) mass is 116 g/mol. The van der Waals surface area contributed by atoms with Crippen LogP contribution in [0, 0.1) is 0 Å². The first kappa shape index (κ1) is 7.10. The van der Waals surface area contributed by atoms with Gasteiger partial charge >= 0.3 is 0 Å². The van der Waals surface area contributed by atoms with Gasteiger partial charge in [0.05, 0.1) is 6.61 Å². The highest BCUT2D eigenvalue weighted by Gasteiger charge is 1.87. The molecule has 8 heavy (non-hydrogen) atoms. The summed E-state index contributed by atoms with van der Waals surface area (Å²) in [4.78, 5) is 13.0. The molecule has 1 aliphatic heterocycles. The molecule has 0 aliphatic carbocycles. The highest BCUT2D eigenvalue weighted by atomic mass is 16.5. The van der Waals surface area contributed by atoms with Gasteiger partial charge in [0, 0.05) is 13.5 Å². The van der Waals surface area contributed by atoms with Gasteiger partial charge in [0.25, 0.3) is 0 Å². The van der Waals surface area contributed by atoms with E-state index in [2.05, 4.69) is 9.73 Å². The fourth-order valence-corrected chi connectivity index (χ4v) is 0.209. The molecule has 46 valence electrons. The third kappa shape index (κ3) is 2.30. The zero-order valence-corrected chi connectivity index (χ0v) is 4.42. The summed E-state index contributed by atoms with van der Waals surface area (Å²) in [6, 6.07) is 0. The Morgan fingerprint density at radius 1 is 1.88 bits per heavy atom. The van der Waals surface area contributed by atoms with Crippen molar-refractivity contribution in [3.63, 3.8) is 0 Å². The Labute approximate surface area is 46.8 Å². The number of aliphatic hydroxyl groups is 1. The standard InChI is InChI=1S/C3H2NO2.CH4O/c5-3-1-6-2-4-3;1-2/h1H2;2H,1H3/q-1;. The van der Waals surface area contributed by atoms with Gasteiger partial charge in [-0.05, 0) is 0 Å². The van der Waals surface area contributed by atoms with Gasteiger partial charge < -0.3 is 19.6 Å². The van der Waals surface area contributed by atoms with Crippen molar-refractivity contribution in [1.29, 1.82) is 0 Å². The molecule has 1 amide bonds. The van der Waals surface area contributed by atoms with Crippen LogP contribution in [0.15, 0.2) is 4.99 Å². The molecule has 0 aromatic carbocycles. The predicted molar refractivity (Wildman–Crippen MR) is 26.5 cm³/mol. The summed E-state index contributed by atoms with van der Waals surface area (Å²) in [5.41, 5.74) is 0. The van der Waals surface area contributed by atoms with Crippen LogP contribution in [0.1, 0.15) is 0 Å². The SMILES string of the molecule is CO.O=C1CO[C-]=N1. The summed E-state index contributed by atoms with van der Waals surface area (Å²) < 4.78 is 4.29. The highest BCUT2D eigenvalue weighted by molar-refractivity contribution is 5.88. The molecule has 0 bridgehead atoms. The van der Waals surface area contributed by atoms with E-state index in [0.717, 1.165) is 7.11 Å². The van der Waals surface area contributed by atoms with E-state index in [9.17, 15) is 4.79 Å². The molecule has 1 rings (SSSR count). The summed E-state index contributed by atoms with van der Waals surface area (Å²) >= 11 is 0. The zero-order chi connectivity index (χ0) is 6.41. The number of hydrogen-bond donors (Lipinski definition) is 1. The summed E-state index contributed by atoms with van der Waals surface area (Å²) in [7, 11) is 1.00. The molecule has 0 aromatic heterocycles. The van der Waals surface area contributed by atoms with E-state index in [1.807, 2.05) is 6.40 Å². The van der Waals surface area contributed by atoms with Crippen LogP contribution in [0.25, 0.3) is 0 Å². The lowest BCUT2D eigenvalue weighted by molar-refractivity contribution is -0.118. The lowest BCUT2D eigenvalue weighted by Crippen LogP contribution is -1.92. The van der Waals surface area contributed by atoms with Crippen LogP contribution in [0.3, 0.4) is 0 Å². The first-order valence-corrected chi connectivity index (χ1v) is 1.94. The van der Waals surface area contributed by atoms with Crippen molar-refractivity contribution >= 4 is 12.3 Å². The van der Waals surface area contributed by atoms with Crippen LogP contribution in [0.2, 0.25) is 0 Å². The normalized spacial score (nSPS) is 14.5. The van der Waals surface area contributed by atoms with Gasteiger partial charge in [-0.3, -0.25) is 0 Å². The van der Waals surface area contributed by atoms with E-state index in [0.29, 0.717) is 0 Å². The molecule has 4 heteroatoms. The van der Waals surface area contributed by atoms with Crippen LogP contribution in [-0.4, -0.2) is 31.1 Å². The van der Waals surface area contributed by atoms with Gasteiger partial charge in [-0.1, -0.05) is 0 Å². The zero-order valence-electron chi connectivity index (χ0n) is 4.42. The molecular formula is C4H6NO3-. The summed E-state index contributed by atoms with van der Waals surface area (Å²) in [5.74, 6) is -0.255. The van der Waals surface area contributed by atoms with Gasteiger partial charge in [0.1, 0.15) is 5.91 Å². The Hall–Kier alpha value is -0.900. The molecule has 0 spiro atoms. The number of aliphatic hydroxyl groups excluding tert-OH is 1. The Bertz CT molecular complexity index is 99.5. The summed E-state index contributed by atoms with van der Waals surface area (Å²) in [6.07, 6.45) is 2.05. The van der Waals surface area contributed by atoms with Crippen LogP contribution in [-0.2, 0) is 9.53 Å². The van der Waals surface area contributed by atoms with E-state index in [1.165, 1.54) is 0 Å². The van der Waals surface area contributed by atoms with Crippen molar-refractivity contribution in [3.05, 3.63) is 0 Å². The van der Waals surface area contributed by atoms with Crippen molar-refractivity contribution < 1.29 is 14.6 Å². The first-order chi connectivity index (χ1) is 3.89. The minimum Gasteiger partial charge on any atom is -0.581 e. The highest BCUT2D eigenvalue weighted by Crippen LogP contribution is 1.83. The van der Waals surface area contributed by atoms with Crippen molar-refractivity contribution in [2.75, 3.05) is 13.7 Å². The second-order valence-electron chi connectivity index (χ2n) is 0.886. The summed E-state index contributed by atoms with van der Waals surface area (Å²) in [6.45, 7) is 0.0694. The van der Waals surface area contributed by atoms with E-state index in [-0.39, 0.29) is 12.5 Å². The minimum atomic E-state index is -0.255. The third-order valence-electron chi connectivity index (χ3n) is 0.431. The van der Waals surface area contributed by atoms with E-state index in [4.69, 9.17) is 5.11 Å². The van der Waals surface area contributed by atoms with Crippen LogP contribution < -0.4 is 0 Å². The van der Waals surface area contributed by atoms with Crippen LogP contribution in [0.5, 0.6) is 0 Å². The van der Waals surface area contributed by atoms with Gasteiger partial charge in [0.15, 0.2) is 0 Å². The molecule has 4 nitrogen and oxygen atoms in total. The molecule has 0 unspecified atom stereocenters. The third-order valence-corrected chi connectivity index (χ3v) is 0.431. The molecule has 0 aromatic rings. The second kappa shape index (κ2) is 4.26. The molecule has 0 fully saturated rings. The number of rotatable bonds is 0. The lowest BCUT2D eigenvalue weighted by atomic mass is 10.7. The molecule has 1 aliphatic rings. The summed E-state index contributed by atoms with van der Waals surface area (Å²) in [5, 5.41) is 7.00. The first-order valence-electron chi connectivity index (χ1n) is 1.94. The molecule has 0 radical (unpaired) electrons. The fraction of sp³-hybridized carbons (Fsp3) is 0.500. The molecule has 0 saturated heterocycles. The van der Waals surface area contributed by atoms with E-state index < -0.39 is 0 Å². The molecule has 0 saturated carbocycles. The molecule has 1 N–H and O–H groups in total.